The zero-order chi connectivity index (χ0) is 16.3. The second kappa shape index (κ2) is 9.85. The number of hydrogen-bond donors (Lipinski definition) is 1. The van der Waals surface area contributed by atoms with Crippen LogP contribution >= 0.6 is 11.8 Å². The van der Waals surface area contributed by atoms with Gasteiger partial charge in [0.2, 0.25) is 5.91 Å². The first-order chi connectivity index (χ1) is 11.2. The Kier molecular flexibility index (Phi) is 7.40. The van der Waals surface area contributed by atoms with E-state index in [4.69, 9.17) is 0 Å². The van der Waals surface area contributed by atoms with Gasteiger partial charge in [-0.3, -0.25) is 4.79 Å². The summed E-state index contributed by atoms with van der Waals surface area (Å²) >= 11 is 1.58. The molecule has 0 spiro atoms. The molecule has 0 aliphatic carbocycles. The van der Waals surface area contributed by atoms with Crippen molar-refractivity contribution in [2.24, 2.45) is 0 Å². The lowest BCUT2D eigenvalue weighted by Gasteiger charge is -2.04. The molecule has 0 unspecified atom stereocenters. The third kappa shape index (κ3) is 7.15. The highest BCUT2D eigenvalue weighted by Gasteiger charge is 2.00. The fourth-order valence-corrected chi connectivity index (χ4v) is 2.65. The number of carbonyl (C=O) groups excluding carboxylic acids is 1. The van der Waals surface area contributed by atoms with Gasteiger partial charge in [-0.15, -0.1) is 11.8 Å². The van der Waals surface area contributed by atoms with E-state index >= 15 is 0 Å². The molecular weight excluding hydrogens is 309 g/mol. The molecule has 4 heteroatoms. The van der Waals surface area contributed by atoms with Crippen molar-refractivity contribution in [2.75, 3.05) is 18.1 Å². The van der Waals surface area contributed by atoms with Crippen LogP contribution in [-0.2, 0) is 11.2 Å². The molecule has 2 aromatic rings. The largest absolute Gasteiger partial charge is 0.355 e. The minimum Gasteiger partial charge on any atom is -0.355 e. The van der Waals surface area contributed by atoms with E-state index in [1.807, 2.05) is 30.3 Å². The molecule has 0 saturated carbocycles. The van der Waals surface area contributed by atoms with Gasteiger partial charge < -0.3 is 5.32 Å². The molecule has 0 bridgehead atoms. The van der Waals surface area contributed by atoms with Crippen LogP contribution in [0, 0.1) is 5.82 Å². The highest BCUT2D eigenvalue weighted by molar-refractivity contribution is 8.00. The SMILES string of the molecule is O=C(CSC/C=C\c1ccccc1)NCCc1ccc(F)cc1. The van der Waals surface area contributed by atoms with E-state index in [1.165, 1.54) is 12.1 Å². The van der Waals surface area contributed by atoms with E-state index in [-0.39, 0.29) is 11.7 Å². The number of halogens is 1. The molecule has 0 atom stereocenters. The molecule has 2 rings (SSSR count). The highest BCUT2D eigenvalue weighted by Crippen LogP contribution is 2.05. The van der Waals surface area contributed by atoms with Gasteiger partial charge in [0, 0.05) is 12.3 Å². The number of rotatable bonds is 8. The average molecular weight is 329 g/mol. The molecule has 0 radical (unpaired) electrons. The summed E-state index contributed by atoms with van der Waals surface area (Å²) in [6, 6.07) is 16.4. The Hall–Kier alpha value is -2.07. The summed E-state index contributed by atoms with van der Waals surface area (Å²) in [6.45, 7) is 0.574. The number of hydrogen-bond acceptors (Lipinski definition) is 2. The Morgan fingerprint density at radius 1 is 1.09 bits per heavy atom. The van der Waals surface area contributed by atoms with Gasteiger partial charge in [-0.05, 0) is 29.7 Å². The molecule has 120 valence electrons. The number of thioether (sulfide) groups is 1. The maximum absolute atomic E-state index is 12.8. The molecule has 0 fully saturated rings. The van der Waals surface area contributed by atoms with Crippen molar-refractivity contribution in [1.29, 1.82) is 0 Å². The molecule has 23 heavy (non-hydrogen) atoms. The number of nitrogens with one attached hydrogen (secondary N) is 1. The summed E-state index contributed by atoms with van der Waals surface area (Å²) in [5.74, 6) is 1.05. The summed E-state index contributed by atoms with van der Waals surface area (Å²) in [4.78, 5) is 11.7. The summed E-state index contributed by atoms with van der Waals surface area (Å²) in [5, 5.41) is 2.88. The zero-order valence-corrected chi connectivity index (χ0v) is 13.7. The monoisotopic (exact) mass is 329 g/mol. The van der Waals surface area contributed by atoms with Crippen molar-refractivity contribution in [2.45, 2.75) is 6.42 Å². The van der Waals surface area contributed by atoms with Gasteiger partial charge in [-0.2, -0.15) is 0 Å². The Labute approximate surface area is 140 Å². The van der Waals surface area contributed by atoms with Crippen LogP contribution in [0.1, 0.15) is 11.1 Å². The maximum Gasteiger partial charge on any atom is 0.230 e. The lowest BCUT2D eigenvalue weighted by atomic mass is 10.1. The van der Waals surface area contributed by atoms with E-state index in [1.54, 1.807) is 23.9 Å². The van der Waals surface area contributed by atoms with E-state index < -0.39 is 0 Å². The van der Waals surface area contributed by atoms with Gasteiger partial charge >= 0.3 is 0 Å². The van der Waals surface area contributed by atoms with E-state index in [9.17, 15) is 9.18 Å². The third-order valence-electron chi connectivity index (χ3n) is 3.21. The topological polar surface area (TPSA) is 29.1 Å². The summed E-state index contributed by atoms with van der Waals surface area (Å²) in [7, 11) is 0. The van der Waals surface area contributed by atoms with Crippen LogP contribution in [0.2, 0.25) is 0 Å². The fourth-order valence-electron chi connectivity index (χ4n) is 2.02. The molecule has 2 nitrogen and oxygen atoms in total. The Bertz CT molecular complexity index is 626. The minimum absolute atomic E-state index is 0.0326. The second-order valence-electron chi connectivity index (χ2n) is 5.05. The third-order valence-corrected chi connectivity index (χ3v) is 4.10. The van der Waals surface area contributed by atoms with Crippen LogP contribution < -0.4 is 5.32 Å². The summed E-state index contributed by atoms with van der Waals surface area (Å²) in [5.41, 5.74) is 2.18. The van der Waals surface area contributed by atoms with Crippen molar-refractivity contribution in [3.05, 3.63) is 77.6 Å². The first-order valence-electron chi connectivity index (χ1n) is 7.54. The molecule has 0 aliphatic heterocycles. The zero-order valence-electron chi connectivity index (χ0n) is 12.9. The van der Waals surface area contributed by atoms with Crippen LogP contribution in [0.15, 0.2) is 60.7 Å². The lowest BCUT2D eigenvalue weighted by molar-refractivity contribution is -0.118. The molecule has 1 amide bonds. The van der Waals surface area contributed by atoms with Crippen LogP contribution in [0.3, 0.4) is 0 Å². The molecule has 0 saturated heterocycles. The molecule has 2 aromatic carbocycles. The number of amides is 1. The Morgan fingerprint density at radius 3 is 2.57 bits per heavy atom. The molecule has 1 N–H and O–H groups in total. The van der Waals surface area contributed by atoms with Crippen LogP contribution in [0.4, 0.5) is 4.39 Å². The minimum atomic E-state index is -0.238. The van der Waals surface area contributed by atoms with Gasteiger partial charge in [-0.1, -0.05) is 54.6 Å². The van der Waals surface area contributed by atoms with E-state index in [0.717, 1.165) is 16.9 Å². The first kappa shape index (κ1) is 17.3. The molecular formula is C19H20FNOS. The summed E-state index contributed by atoms with van der Waals surface area (Å²) < 4.78 is 12.8. The predicted octanol–water partition coefficient (Wildman–Crippen LogP) is 3.93. The van der Waals surface area contributed by atoms with Crippen molar-refractivity contribution in [3.63, 3.8) is 0 Å². The molecule has 0 aliphatic rings. The van der Waals surface area contributed by atoms with Gasteiger partial charge in [-0.25, -0.2) is 4.39 Å². The van der Waals surface area contributed by atoms with Crippen molar-refractivity contribution < 1.29 is 9.18 Å². The smallest absolute Gasteiger partial charge is 0.230 e. The molecule has 0 aromatic heterocycles. The van der Waals surface area contributed by atoms with Crippen molar-refractivity contribution in [1.82, 2.24) is 5.32 Å². The van der Waals surface area contributed by atoms with Gasteiger partial charge in [0.15, 0.2) is 0 Å². The van der Waals surface area contributed by atoms with Crippen molar-refractivity contribution in [3.8, 4) is 0 Å². The van der Waals surface area contributed by atoms with Gasteiger partial charge in [0.1, 0.15) is 5.82 Å². The van der Waals surface area contributed by atoms with Crippen LogP contribution in [0.25, 0.3) is 6.08 Å². The van der Waals surface area contributed by atoms with Gasteiger partial charge in [0.25, 0.3) is 0 Å². The standard InChI is InChI=1S/C19H20FNOS/c20-18-10-8-17(9-11-18)12-13-21-19(22)15-23-14-4-7-16-5-2-1-3-6-16/h1-11H,12-15H2,(H,21,22)/b7-4-. The number of carbonyl (C=O) groups is 1. The Balaban J connectivity index is 1.56. The van der Waals surface area contributed by atoms with E-state index in [2.05, 4.69) is 17.5 Å². The first-order valence-corrected chi connectivity index (χ1v) is 8.70. The highest BCUT2D eigenvalue weighted by atomic mass is 32.2. The Morgan fingerprint density at radius 2 is 1.83 bits per heavy atom. The van der Waals surface area contributed by atoms with Crippen molar-refractivity contribution >= 4 is 23.7 Å². The maximum atomic E-state index is 12.8. The fraction of sp³-hybridized carbons (Fsp3) is 0.211. The van der Waals surface area contributed by atoms with E-state index in [0.29, 0.717) is 18.7 Å². The van der Waals surface area contributed by atoms with Crippen LogP contribution in [-0.4, -0.2) is 24.0 Å². The summed E-state index contributed by atoms with van der Waals surface area (Å²) in [6.07, 6.45) is 4.83. The molecule has 0 heterocycles. The second-order valence-corrected chi connectivity index (χ2v) is 6.08. The lowest BCUT2D eigenvalue weighted by Crippen LogP contribution is -2.27. The quantitative estimate of drug-likeness (QED) is 0.744. The average Bonchev–Trinajstić information content (AvgIpc) is 2.57. The van der Waals surface area contributed by atoms with Crippen LogP contribution in [0.5, 0.6) is 0 Å². The normalized spacial score (nSPS) is 10.8. The predicted molar refractivity (Wildman–Crippen MR) is 95.9 cm³/mol. The number of benzene rings is 2. The van der Waals surface area contributed by atoms with Gasteiger partial charge in [0.05, 0.1) is 5.75 Å².